The molecule has 0 saturated heterocycles. The zero-order valence-electron chi connectivity index (χ0n) is 13.6. The molecule has 0 saturated carbocycles. The van der Waals surface area contributed by atoms with Gasteiger partial charge in [0.05, 0.1) is 0 Å². The molecule has 122 valence electrons. The van der Waals surface area contributed by atoms with Crippen molar-refractivity contribution in [2.45, 2.75) is 13.5 Å². The quantitative estimate of drug-likeness (QED) is 0.731. The van der Waals surface area contributed by atoms with E-state index in [1.807, 2.05) is 48.7 Å². The highest BCUT2D eigenvalue weighted by Gasteiger charge is 2.02. The molecule has 1 heterocycles. The minimum Gasteiger partial charge on any atom is -0.445 e. The minimum absolute atomic E-state index is 0.276. The van der Waals surface area contributed by atoms with Gasteiger partial charge in [-0.25, -0.2) is 4.79 Å². The Balaban J connectivity index is 1.48. The maximum Gasteiger partial charge on any atom is 0.407 e. The molecular weight excluding hydrogens is 300 g/mol. The molecule has 0 aliphatic carbocycles. The summed E-state index contributed by atoms with van der Waals surface area (Å²) >= 11 is 0. The summed E-state index contributed by atoms with van der Waals surface area (Å²) in [6.45, 7) is 2.77. The standard InChI is InChI=1S/C20H20N2O2/c1-15-9-10-18-17(13-22-19(18)12-15)8-5-11-21-20(23)24-14-16-6-3-2-4-7-16/h2-10,12-13,22H,11,14H2,1H3,(H,21,23). The zero-order chi connectivity index (χ0) is 16.8. The molecule has 1 amide bonds. The number of carbonyl (C=O) groups is 1. The highest BCUT2D eigenvalue weighted by atomic mass is 16.5. The molecule has 0 atom stereocenters. The summed E-state index contributed by atoms with van der Waals surface area (Å²) < 4.78 is 5.16. The van der Waals surface area contributed by atoms with Crippen LogP contribution in [0, 0.1) is 6.92 Å². The summed E-state index contributed by atoms with van der Waals surface area (Å²) in [6, 6.07) is 15.9. The first-order chi connectivity index (χ1) is 11.7. The second kappa shape index (κ2) is 7.51. The molecule has 0 bridgehead atoms. The Labute approximate surface area is 141 Å². The molecule has 0 unspecified atom stereocenters. The van der Waals surface area contributed by atoms with Gasteiger partial charge in [-0.15, -0.1) is 0 Å². The Hall–Kier alpha value is -3.01. The van der Waals surface area contributed by atoms with E-state index in [-0.39, 0.29) is 6.61 Å². The Morgan fingerprint density at radius 2 is 2.04 bits per heavy atom. The summed E-state index contributed by atoms with van der Waals surface area (Å²) in [5, 5.41) is 3.88. The first-order valence-electron chi connectivity index (χ1n) is 7.91. The average molecular weight is 320 g/mol. The number of hydrogen-bond acceptors (Lipinski definition) is 2. The van der Waals surface area contributed by atoms with Crippen LogP contribution in [0.4, 0.5) is 4.79 Å². The van der Waals surface area contributed by atoms with E-state index in [9.17, 15) is 4.79 Å². The third kappa shape index (κ3) is 4.04. The van der Waals surface area contributed by atoms with Crippen molar-refractivity contribution < 1.29 is 9.53 Å². The number of aryl methyl sites for hydroxylation is 1. The van der Waals surface area contributed by atoms with Gasteiger partial charge < -0.3 is 15.0 Å². The van der Waals surface area contributed by atoms with E-state index in [1.54, 1.807) is 0 Å². The lowest BCUT2D eigenvalue weighted by Crippen LogP contribution is -2.24. The second-order valence-corrected chi connectivity index (χ2v) is 5.64. The predicted molar refractivity (Wildman–Crippen MR) is 96.7 cm³/mol. The number of rotatable bonds is 5. The van der Waals surface area contributed by atoms with Crippen molar-refractivity contribution in [1.29, 1.82) is 0 Å². The Bertz CT molecular complexity index is 850. The van der Waals surface area contributed by atoms with Crippen molar-refractivity contribution in [2.24, 2.45) is 0 Å². The highest BCUT2D eigenvalue weighted by molar-refractivity contribution is 5.89. The summed E-state index contributed by atoms with van der Waals surface area (Å²) in [7, 11) is 0. The van der Waals surface area contributed by atoms with E-state index in [0.717, 1.165) is 16.6 Å². The van der Waals surface area contributed by atoms with Gasteiger partial charge in [-0.05, 0) is 29.7 Å². The van der Waals surface area contributed by atoms with E-state index in [1.165, 1.54) is 10.9 Å². The van der Waals surface area contributed by atoms with Crippen LogP contribution in [0.5, 0.6) is 0 Å². The maximum absolute atomic E-state index is 11.7. The summed E-state index contributed by atoms with van der Waals surface area (Å²) in [6.07, 6.45) is 5.45. The fourth-order valence-corrected chi connectivity index (χ4v) is 2.50. The largest absolute Gasteiger partial charge is 0.445 e. The first-order valence-corrected chi connectivity index (χ1v) is 7.91. The van der Waals surface area contributed by atoms with Gasteiger partial charge in [0.2, 0.25) is 0 Å². The van der Waals surface area contributed by atoms with E-state index >= 15 is 0 Å². The van der Waals surface area contributed by atoms with Gasteiger partial charge in [-0.1, -0.05) is 54.6 Å². The molecule has 4 nitrogen and oxygen atoms in total. The van der Waals surface area contributed by atoms with Gasteiger partial charge in [-0.2, -0.15) is 0 Å². The van der Waals surface area contributed by atoms with Gasteiger partial charge in [0.1, 0.15) is 6.61 Å². The zero-order valence-corrected chi connectivity index (χ0v) is 13.6. The Morgan fingerprint density at radius 1 is 1.21 bits per heavy atom. The van der Waals surface area contributed by atoms with Gasteiger partial charge in [0, 0.05) is 23.6 Å². The first kappa shape index (κ1) is 15.9. The van der Waals surface area contributed by atoms with Gasteiger partial charge in [0.15, 0.2) is 0 Å². The van der Waals surface area contributed by atoms with Crippen LogP contribution in [-0.2, 0) is 11.3 Å². The molecule has 0 aliphatic rings. The van der Waals surface area contributed by atoms with E-state index in [4.69, 9.17) is 4.74 Å². The lowest BCUT2D eigenvalue weighted by atomic mass is 10.1. The molecule has 0 aliphatic heterocycles. The van der Waals surface area contributed by atoms with E-state index in [0.29, 0.717) is 6.54 Å². The molecule has 4 heteroatoms. The molecule has 0 radical (unpaired) electrons. The van der Waals surface area contributed by atoms with Crippen molar-refractivity contribution in [3.05, 3.63) is 77.5 Å². The molecule has 1 aromatic heterocycles. The van der Waals surface area contributed by atoms with Crippen LogP contribution in [0.2, 0.25) is 0 Å². The number of H-pyrrole nitrogens is 1. The van der Waals surface area contributed by atoms with Crippen LogP contribution in [0.3, 0.4) is 0 Å². The number of carbonyl (C=O) groups excluding carboxylic acids is 1. The smallest absolute Gasteiger partial charge is 0.407 e. The van der Waals surface area contributed by atoms with Crippen molar-refractivity contribution in [3.8, 4) is 0 Å². The number of amides is 1. The Morgan fingerprint density at radius 3 is 2.88 bits per heavy atom. The fourth-order valence-electron chi connectivity index (χ4n) is 2.50. The number of nitrogens with one attached hydrogen (secondary N) is 2. The van der Waals surface area contributed by atoms with Crippen LogP contribution >= 0.6 is 0 Å². The van der Waals surface area contributed by atoms with E-state index in [2.05, 4.69) is 35.4 Å². The summed E-state index contributed by atoms with van der Waals surface area (Å²) in [4.78, 5) is 14.9. The van der Waals surface area contributed by atoms with Crippen molar-refractivity contribution in [3.63, 3.8) is 0 Å². The number of benzene rings is 2. The van der Waals surface area contributed by atoms with Crippen molar-refractivity contribution in [2.75, 3.05) is 6.54 Å². The molecule has 3 aromatic rings. The van der Waals surface area contributed by atoms with Crippen LogP contribution in [0.1, 0.15) is 16.7 Å². The SMILES string of the molecule is Cc1ccc2c(C=CCNC(=O)OCc3ccccc3)c[nH]c2c1. The number of aromatic nitrogens is 1. The monoisotopic (exact) mass is 320 g/mol. The van der Waals surface area contributed by atoms with Crippen LogP contribution < -0.4 is 5.32 Å². The third-order valence-corrected chi connectivity index (χ3v) is 3.74. The fraction of sp³-hybridized carbons (Fsp3) is 0.150. The molecule has 2 N–H and O–H groups in total. The topological polar surface area (TPSA) is 54.1 Å². The average Bonchev–Trinajstić information content (AvgIpc) is 3.00. The third-order valence-electron chi connectivity index (χ3n) is 3.74. The lowest BCUT2D eigenvalue weighted by molar-refractivity contribution is 0.141. The van der Waals surface area contributed by atoms with Gasteiger partial charge in [0.25, 0.3) is 0 Å². The number of alkyl carbamates (subject to hydrolysis) is 1. The van der Waals surface area contributed by atoms with Crippen molar-refractivity contribution in [1.82, 2.24) is 10.3 Å². The van der Waals surface area contributed by atoms with Crippen LogP contribution in [0.15, 0.2) is 60.8 Å². The van der Waals surface area contributed by atoms with Crippen LogP contribution in [0.25, 0.3) is 17.0 Å². The molecule has 2 aromatic carbocycles. The number of fused-ring (bicyclic) bond motifs is 1. The molecule has 0 fully saturated rings. The number of aromatic amines is 1. The van der Waals surface area contributed by atoms with Crippen LogP contribution in [-0.4, -0.2) is 17.6 Å². The molecule has 3 rings (SSSR count). The van der Waals surface area contributed by atoms with Crippen molar-refractivity contribution >= 4 is 23.1 Å². The summed E-state index contributed by atoms with van der Waals surface area (Å²) in [5.41, 5.74) is 4.41. The molecule has 24 heavy (non-hydrogen) atoms. The number of ether oxygens (including phenoxy) is 1. The number of hydrogen-bond donors (Lipinski definition) is 2. The summed E-state index contributed by atoms with van der Waals surface area (Å²) in [5.74, 6) is 0. The second-order valence-electron chi connectivity index (χ2n) is 5.64. The van der Waals surface area contributed by atoms with E-state index < -0.39 is 6.09 Å². The maximum atomic E-state index is 11.7. The minimum atomic E-state index is -0.418. The predicted octanol–water partition coefficient (Wildman–Crippen LogP) is 4.42. The lowest BCUT2D eigenvalue weighted by Gasteiger charge is -2.05. The van der Waals surface area contributed by atoms with Gasteiger partial charge in [-0.3, -0.25) is 0 Å². The highest BCUT2D eigenvalue weighted by Crippen LogP contribution is 2.20. The molecule has 0 spiro atoms. The van der Waals surface area contributed by atoms with Gasteiger partial charge >= 0.3 is 6.09 Å². The normalized spacial score (nSPS) is 11.0. The molecular formula is C20H20N2O2. The Kier molecular flexibility index (Phi) is 4.96.